The number of benzene rings is 1. The number of nitrogens with zero attached hydrogens (tertiary/aromatic N) is 1. The van der Waals surface area contributed by atoms with E-state index < -0.39 is 11.7 Å². The minimum atomic E-state index is -0.962. The molecule has 0 amide bonds. The van der Waals surface area contributed by atoms with Gasteiger partial charge in [0.05, 0.1) is 17.2 Å². The fourth-order valence-corrected chi connectivity index (χ4v) is 3.20. The number of rotatable bonds is 4. The summed E-state index contributed by atoms with van der Waals surface area (Å²) in [5.41, 5.74) is 0.655. The molecule has 3 rings (SSSR count). The van der Waals surface area contributed by atoms with Gasteiger partial charge in [-0.15, -0.1) is 0 Å². The van der Waals surface area contributed by atoms with Crippen LogP contribution in [-0.2, 0) is 7.05 Å². The Labute approximate surface area is 129 Å². The summed E-state index contributed by atoms with van der Waals surface area (Å²) in [5, 5.41) is 24.7. The second-order valence-corrected chi connectivity index (χ2v) is 6.21. The first-order chi connectivity index (χ1) is 10.5. The van der Waals surface area contributed by atoms with Gasteiger partial charge in [-0.25, -0.2) is 0 Å². The van der Waals surface area contributed by atoms with Crippen molar-refractivity contribution in [2.24, 2.45) is 7.05 Å². The van der Waals surface area contributed by atoms with Gasteiger partial charge >= 0.3 is 0 Å². The Balaban J connectivity index is 1.77. The van der Waals surface area contributed by atoms with Crippen molar-refractivity contribution >= 4 is 16.6 Å². The number of aliphatic hydroxyl groups is 2. The molecule has 5 heteroatoms. The highest BCUT2D eigenvalue weighted by Crippen LogP contribution is 2.32. The summed E-state index contributed by atoms with van der Waals surface area (Å²) in [4.78, 5) is 11.7. The lowest BCUT2D eigenvalue weighted by Gasteiger charge is -2.28. The molecule has 0 spiro atoms. The van der Waals surface area contributed by atoms with Crippen molar-refractivity contribution in [3.05, 3.63) is 40.7 Å². The molecule has 2 aromatic rings. The molecule has 5 nitrogen and oxygen atoms in total. The van der Waals surface area contributed by atoms with Crippen LogP contribution in [-0.4, -0.2) is 33.0 Å². The molecule has 1 aromatic carbocycles. The number of fused-ring (bicyclic) bond motifs is 1. The summed E-state index contributed by atoms with van der Waals surface area (Å²) >= 11 is 0. The second kappa shape index (κ2) is 5.74. The summed E-state index contributed by atoms with van der Waals surface area (Å²) < 4.78 is 1.60. The molecule has 1 fully saturated rings. The molecule has 3 N–H and O–H groups in total. The molecular weight excluding hydrogens is 280 g/mol. The molecule has 1 aromatic heterocycles. The number of aryl methyl sites for hydroxylation is 1. The minimum absolute atomic E-state index is 0.0510. The first kappa shape index (κ1) is 15.1. The largest absolute Gasteiger partial charge is 0.388 e. The number of aliphatic hydroxyl groups excluding tert-OH is 1. The van der Waals surface area contributed by atoms with E-state index in [0.717, 1.165) is 29.4 Å². The van der Waals surface area contributed by atoms with Crippen molar-refractivity contribution in [2.45, 2.75) is 37.4 Å². The normalized spacial score (nSPS) is 18.5. The molecular formula is C17H22N2O3. The number of nitrogens with one attached hydrogen (secondary N) is 1. The van der Waals surface area contributed by atoms with Gasteiger partial charge in [-0.05, 0) is 36.4 Å². The Bertz CT molecular complexity index is 732. The molecule has 1 aliphatic rings. The maximum Gasteiger partial charge on any atom is 0.250 e. The number of pyridine rings is 1. The van der Waals surface area contributed by atoms with Crippen LogP contribution in [0, 0.1) is 0 Å². The van der Waals surface area contributed by atoms with Gasteiger partial charge in [-0.2, -0.15) is 0 Å². The maximum absolute atomic E-state index is 11.7. The molecule has 0 aliphatic heterocycles. The summed E-state index contributed by atoms with van der Waals surface area (Å²) in [5.74, 6) is 0. The molecule has 1 aliphatic carbocycles. The summed E-state index contributed by atoms with van der Waals surface area (Å²) in [6.45, 7) is 0.294. The van der Waals surface area contributed by atoms with Gasteiger partial charge in [0, 0.05) is 25.3 Å². The van der Waals surface area contributed by atoms with E-state index in [-0.39, 0.29) is 5.56 Å². The molecule has 0 radical (unpaired) electrons. The van der Waals surface area contributed by atoms with Gasteiger partial charge in [-0.3, -0.25) is 4.79 Å². The van der Waals surface area contributed by atoms with Crippen LogP contribution in [0.2, 0.25) is 0 Å². The standard InChI is InChI=1S/C17H22N2O3/c1-19-14-10-13(6-4-12(14)5-7-16(19)21)18-11-15(20)17(22)8-2-3-9-17/h4-7,10,15,18,20,22H,2-3,8-9,11H2,1H3. The fourth-order valence-electron chi connectivity index (χ4n) is 3.20. The number of aromatic nitrogens is 1. The third-order valence-electron chi connectivity index (χ3n) is 4.72. The highest BCUT2D eigenvalue weighted by atomic mass is 16.3. The average molecular weight is 302 g/mol. The summed E-state index contributed by atoms with van der Waals surface area (Å²) in [6, 6.07) is 9.10. The number of anilines is 1. The van der Waals surface area contributed by atoms with Crippen LogP contribution in [0.3, 0.4) is 0 Å². The second-order valence-electron chi connectivity index (χ2n) is 6.21. The van der Waals surface area contributed by atoms with E-state index >= 15 is 0 Å². The minimum Gasteiger partial charge on any atom is -0.388 e. The Morgan fingerprint density at radius 2 is 1.95 bits per heavy atom. The van der Waals surface area contributed by atoms with Crippen LogP contribution in [0.1, 0.15) is 25.7 Å². The van der Waals surface area contributed by atoms with E-state index in [2.05, 4.69) is 5.32 Å². The van der Waals surface area contributed by atoms with E-state index in [1.807, 2.05) is 18.2 Å². The third-order valence-corrected chi connectivity index (χ3v) is 4.72. The van der Waals surface area contributed by atoms with Gasteiger partial charge in [0.2, 0.25) is 0 Å². The molecule has 1 saturated carbocycles. The molecule has 118 valence electrons. The van der Waals surface area contributed by atoms with Gasteiger partial charge in [0.1, 0.15) is 0 Å². The van der Waals surface area contributed by atoms with Crippen LogP contribution in [0.5, 0.6) is 0 Å². The van der Waals surface area contributed by atoms with Crippen LogP contribution < -0.4 is 10.9 Å². The quantitative estimate of drug-likeness (QED) is 0.802. The van der Waals surface area contributed by atoms with E-state index in [1.54, 1.807) is 23.7 Å². The lowest BCUT2D eigenvalue weighted by Crippen LogP contribution is -2.43. The zero-order valence-electron chi connectivity index (χ0n) is 12.7. The Hall–Kier alpha value is -1.85. The van der Waals surface area contributed by atoms with Gasteiger partial charge in [0.15, 0.2) is 0 Å². The van der Waals surface area contributed by atoms with E-state index in [4.69, 9.17) is 0 Å². The zero-order valence-corrected chi connectivity index (χ0v) is 12.7. The predicted molar refractivity (Wildman–Crippen MR) is 87.1 cm³/mol. The van der Waals surface area contributed by atoms with Crippen molar-refractivity contribution in [1.29, 1.82) is 0 Å². The third kappa shape index (κ3) is 2.74. The highest BCUT2D eigenvalue weighted by Gasteiger charge is 2.38. The Morgan fingerprint density at radius 3 is 2.68 bits per heavy atom. The first-order valence-corrected chi connectivity index (χ1v) is 7.74. The molecule has 1 heterocycles. The Kier molecular flexibility index (Phi) is 3.93. The van der Waals surface area contributed by atoms with E-state index in [1.165, 1.54) is 0 Å². The summed E-state index contributed by atoms with van der Waals surface area (Å²) in [6.07, 6.45) is 2.45. The molecule has 1 atom stereocenters. The van der Waals surface area contributed by atoms with Crippen molar-refractivity contribution in [2.75, 3.05) is 11.9 Å². The van der Waals surface area contributed by atoms with Crippen LogP contribution >= 0.6 is 0 Å². The van der Waals surface area contributed by atoms with Crippen LogP contribution in [0.15, 0.2) is 35.1 Å². The monoisotopic (exact) mass is 302 g/mol. The van der Waals surface area contributed by atoms with Crippen LogP contribution in [0.25, 0.3) is 10.9 Å². The topological polar surface area (TPSA) is 74.5 Å². The first-order valence-electron chi connectivity index (χ1n) is 7.74. The maximum atomic E-state index is 11.7. The number of hydrogen-bond donors (Lipinski definition) is 3. The van der Waals surface area contributed by atoms with Gasteiger partial charge < -0.3 is 20.1 Å². The molecule has 0 saturated heterocycles. The number of hydrogen-bond acceptors (Lipinski definition) is 4. The van der Waals surface area contributed by atoms with E-state index in [0.29, 0.717) is 19.4 Å². The van der Waals surface area contributed by atoms with Crippen molar-refractivity contribution in [1.82, 2.24) is 4.57 Å². The smallest absolute Gasteiger partial charge is 0.250 e. The van der Waals surface area contributed by atoms with Crippen LogP contribution in [0.4, 0.5) is 5.69 Å². The predicted octanol–water partition coefficient (Wildman–Crippen LogP) is 1.62. The lowest BCUT2D eigenvalue weighted by atomic mass is 9.95. The molecule has 0 bridgehead atoms. The summed E-state index contributed by atoms with van der Waals surface area (Å²) in [7, 11) is 1.74. The molecule has 1 unspecified atom stereocenters. The van der Waals surface area contributed by atoms with Crippen molar-refractivity contribution < 1.29 is 10.2 Å². The molecule has 22 heavy (non-hydrogen) atoms. The average Bonchev–Trinajstić information content (AvgIpc) is 2.97. The fraction of sp³-hybridized carbons (Fsp3) is 0.471. The zero-order chi connectivity index (χ0) is 15.7. The lowest BCUT2D eigenvalue weighted by molar-refractivity contribution is -0.0627. The Morgan fingerprint density at radius 1 is 1.27 bits per heavy atom. The van der Waals surface area contributed by atoms with Gasteiger partial charge in [-0.1, -0.05) is 18.9 Å². The SMILES string of the molecule is Cn1c(=O)ccc2ccc(NCC(O)C3(O)CCCC3)cc21. The van der Waals surface area contributed by atoms with Gasteiger partial charge in [0.25, 0.3) is 5.56 Å². The van der Waals surface area contributed by atoms with Crippen molar-refractivity contribution in [3.63, 3.8) is 0 Å². The van der Waals surface area contributed by atoms with E-state index in [9.17, 15) is 15.0 Å². The van der Waals surface area contributed by atoms with Crippen molar-refractivity contribution in [3.8, 4) is 0 Å². The highest BCUT2D eigenvalue weighted by molar-refractivity contribution is 5.82.